The molecule has 2 nitrogen and oxygen atoms in total. The number of hydrogen-bond acceptors (Lipinski definition) is 1. The van der Waals surface area contributed by atoms with Crippen molar-refractivity contribution in [1.29, 1.82) is 0 Å². The topological polar surface area (TPSA) is 37.3 Å². The summed E-state index contributed by atoms with van der Waals surface area (Å²) in [7, 11) is 0. The van der Waals surface area contributed by atoms with Gasteiger partial charge in [0.25, 0.3) is 0 Å². The smallest absolute Gasteiger partial charge is 0.303 e. The van der Waals surface area contributed by atoms with E-state index < -0.39 is 17.6 Å². The van der Waals surface area contributed by atoms with Gasteiger partial charge in [-0.15, -0.1) is 0 Å². The van der Waals surface area contributed by atoms with Crippen LogP contribution >= 0.6 is 0 Å². The zero-order valence-corrected chi connectivity index (χ0v) is 11.9. The zero-order chi connectivity index (χ0) is 15.7. The Morgan fingerprint density at radius 2 is 1.86 bits per heavy atom. The molecular weight excluding hydrogens is 286 g/mol. The third kappa shape index (κ3) is 3.01. The summed E-state index contributed by atoms with van der Waals surface area (Å²) in [5.74, 6) is -2.73. The van der Waals surface area contributed by atoms with Crippen LogP contribution in [-0.2, 0) is 4.79 Å². The van der Waals surface area contributed by atoms with E-state index in [1.165, 1.54) is 0 Å². The molecule has 1 N–H and O–H groups in total. The molecule has 2 aromatic rings. The molecule has 0 aliphatic heterocycles. The number of halogens is 2. The summed E-state index contributed by atoms with van der Waals surface area (Å²) in [6, 6.07) is 11.5. The Bertz CT molecular complexity index is 694. The second-order valence-electron chi connectivity index (χ2n) is 5.77. The number of carbonyl (C=O) groups is 1. The van der Waals surface area contributed by atoms with Gasteiger partial charge < -0.3 is 5.11 Å². The number of aliphatic carboxylic acids is 1. The van der Waals surface area contributed by atoms with Crippen molar-refractivity contribution < 1.29 is 18.7 Å². The van der Waals surface area contributed by atoms with Crippen LogP contribution < -0.4 is 0 Å². The molecule has 0 saturated heterocycles. The Kier molecular flexibility index (Phi) is 3.92. The van der Waals surface area contributed by atoms with Crippen molar-refractivity contribution >= 4 is 5.97 Å². The molecule has 1 aliphatic rings. The van der Waals surface area contributed by atoms with Crippen LogP contribution in [0.1, 0.15) is 30.7 Å². The van der Waals surface area contributed by atoms with Gasteiger partial charge in [0.15, 0.2) is 11.6 Å². The average molecular weight is 302 g/mol. The predicted molar refractivity (Wildman–Crippen MR) is 79.5 cm³/mol. The summed E-state index contributed by atoms with van der Waals surface area (Å²) < 4.78 is 28.1. The highest BCUT2D eigenvalue weighted by atomic mass is 19.2. The summed E-state index contributed by atoms with van der Waals surface area (Å²) in [5, 5.41) is 9.06. The molecule has 0 spiro atoms. The van der Waals surface area contributed by atoms with Crippen LogP contribution in [0.25, 0.3) is 11.1 Å². The lowest BCUT2D eigenvalue weighted by molar-refractivity contribution is -0.137. The Labute approximate surface area is 127 Å². The SMILES string of the molecule is O=C(O)CC(c1cc(F)c(F)c(-c2ccccc2)c1)C1CC1. The minimum atomic E-state index is -0.924. The normalized spacial score (nSPS) is 15.5. The van der Waals surface area contributed by atoms with Crippen LogP contribution in [0.2, 0.25) is 0 Å². The quantitative estimate of drug-likeness (QED) is 0.876. The van der Waals surface area contributed by atoms with Gasteiger partial charge in [-0.1, -0.05) is 30.3 Å². The highest BCUT2D eigenvalue weighted by Crippen LogP contribution is 2.45. The van der Waals surface area contributed by atoms with Gasteiger partial charge in [-0.25, -0.2) is 8.78 Å². The molecule has 4 heteroatoms. The molecule has 3 rings (SSSR count). The molecule has 0 heterocycles. The first kappa shape index (κ1) is 14.7. The Hall–Kier alpha value is -2.23. The number of hydrogen-bond donors (Lipinski definition) is 1. The van der Waals surface area contributed by atoms with Crippen LogP contribution in [-0.4, -0.2) is 11.1 Å². The summed E-state index contributed by atoms with van der Waals surface area (Å²) >= 11 is 0. The first-order chi connectivity index (χ1) is 10.6. The standard InChI is InChI=1S/C18H16F2O2/c19-16-9-13(14(10-17(21)22)12-6-7-12)8-15(18(16)20)11-4-2-1-3-5-11/h1-5,8-9,12,14H,6-7,10H2,(H,21,22). The van der Waals surface area contributed by atoms with E-state index in [9.17, 15) is 13.6 Å². The molecular formula is C18H16F2O2. The van der Waals surface area contributed by atoms with E-state index in [0.29, 0.717) is 11.1 Å². The van der Waals surface area contributed by atoms with Crippen molar-refractivity contribution in [3.8, 4) is 11.1 Å². The van der Waals surface area contributed by atoms with E-state index in [4.69, 9.17) is 5.11 Å². The van der Waals surface area contributed by atoms with Crippen molar-refractivity contribution in [1.82, 2.24) is 0 Å². The van der Waals surface area contributed by atoms with E-state index in [2.05, 4.69) is 0 Å². The van der Waals surface area contributed by atoms with E-state index >= 15 is 0 Å². The molecule has 114 valence electrons. The maximum Gasteiger partial charge on any atom is 0.303 e. The van der Waals surface area contributed by atoms with Crippen LogP contribution in [0.15, 0.2) is 42.5 Å². The summed E-state index contributed by atoms with van der Waals surface area (Å²) in [6.45, 7) is 0. The molecule has 0 aromatic heterocycles. The van der Waals surface area contributed by atoms with E-state index in [-0.39, 0.29) is 23.8 Å². The molecule has 1 fully saturated rings. The van der Waals surface area contributed by atoms with Gasteiger partial charge in [-0.05, 0) is 47.9 Å². The molecule has 1 aliphatic carbocycles. The van der Waals surface area contributed by atoms with Gasteiger partial charge in [0.05, 0.1) is 6.42 Å². The van der Waals surface area contributed by atoms with E-state index in [0.717, 1.165) is 18.9 Å². The third-order valence-electron chi connectivity index (χ3n) is 4.15. The van der Waals surface area contributed by atoms with E-state index in [1.54, 1.807) is 36.4 Å². The highest BCUT2D eigenvalue weighted by Gasteiger charge is 2.34. The van der Waals surface area contributed by atoms with Gasteiger partial charge in [0, 0.05) is 5.56 Å². The average Bonchev–Trinajstić information content (AvgIpc) is 3.33. The molecule has 1 unspecified atom stereocenters. The van der Waals surface area contributed by atoms with E-state index in [1.807, 2.05) is 0 Å². The first-order valence-electron chi connectivity index (χ1n) is 7.32. The van der Waals surface area contributed by atoms with Gasteiger partial charge in [0.2, 0.25) is 0 Å². The van der Waals surface area contributed by atoms with Crippen LogP contribution in [0.5, 0.6) is 0 Å². The molecule has 1 atom stereocenters. The van der Waals surface area contributed by atoms with Crippen molar-refractivity contribution in [3.05, 3.63) is 59.7 Å². The fourth-order valence-corrected chi connectivity index (χ4v) is 2.90. The summed E-state index contributed by atoms with van der Waals surface area (Å²) in [5.41, 5.74) is 1.35. The lowest BCUT2D eigenvalue weighted by Crippen LogP contribution is -2.09. The molecule has 0 bridgehead atoms. The molecule has 0 radical (unpaired) electrons. The fourth-order valence-electron chi connectivity index (χ4n) is 2.90. The maximum atomic E-state index is 14.1. The third-order valence-corrected chi connectivity index (χ3v) is 4.15. The maximum absolute atomic E-state index is 14.1. The molecule has 2 aromatic carbocycles. The largest absolute Gasteiger partial charge is 0.481 e. The summed E-state index contributed by atoms with van der Waals surface area (Å²) in [6.07, 6.45) is 1.83. The van der Waals surface area contributed by atoms with Gasteiger partial charge in [-0.3, -0.25) is 4.79 Å². The monoisotopic (exact) mass is 302 g/mol. The summed E-state index contributed by atoms with van der Waals surface area (Å²) in [4.78, 5) is 11.1. The van der Waals surface area contributed by atoms with Crippen molar-refractivity contribution in [3.63, 3.8) is 0 Å². The molecule has 1 saturated carbocycles. The minimum absolute atomic E-state index is 0.0516. The second-order valence-corrected chi connectivity index (χ2v) is 5.77. The lowest BCUT2D eigenvalue weighted by Gasteiger charge is -2.17. The predicted octanol–water partition coefficient (Wildman–Crippen LogP) is 4.60. The van der Waals surface area contributed by atoms with Crippen LogP contribution in [0, 0.1) is 17.6 Å². The Morgan fingerprint density at radius 3 is 2.45 bits per heavy atom. The molecule has 0 amide bonds. The number of carboxylic acids is 1. The van der Waals surface area contributed by atoms with Crippen molar-refractivity contribution in [2.45, 2.75) is 25.2 Å². The number of carboxylic acid groups (broad SMARTS) is 1. The Balaban J connectivity index is 2.05. The van der Waals surface area contributed by atoms with Crippen molar-refractivity contribution in [2.75, 3.05) is 0 Å². The zero-order valence-electron chi connectivity index (χ0n) is 11.9. The minimum Gasteiger partial charge on any atom is -0.481 e. The lowest BCUT2D eigenvalue weighted by atomic mass is 9.88. The van der Waals surface area contributed by atoms with Gasteiger partial charge >= 0.3 is 5.97 Å². The number of rotatable bonds is 5. The van der Waals surface area contributed by atoms with Crippen LogP contribution in [0.3, 0.4) is 0 Å². The number of benzene rings is 2. The fraction of sp³-hybridized carbons (Fsp3) is 0.278. The van der Waals surface area contributed by atoms with Gasteiger partial charge in [-0.2, -0.15) is 0 Å². The van der Waals surface area contributed by atoms with Crippen molar-refractivity contribution in [2.24, 2.45) is 5.92 Å². The van der Waals surface area contributed by atoms with Crippen LogP contribution in [0.4, 0.5) is 8.78 Å². The Morgan fingerprint density at radius 1 is 1.18 bits per heavy atom. The van der Waals surface area contributed by atoms with Gasteiger partial charge in [0.1, 0.15) is 0 Å². The second kappa shape index (κ2) is 5.87. The molecule has 22 heavy (non-hydrogen) atoms. The first-order valence-corrected chi connectivity index (χ1v) is 7.32. The highest BCUT2D eigenvalue weighted by molar-refractivity contribution is 5.69.